The highest BCUT2D eigenvalue weighted by Crippen LogP contribution is 2.43. The van der Waals surface area contributed by atoms with Crippen molar-refractivity contribution >= 4 is 11.9 Å². The van der Waals surface area contributed by atoms with Crippen LogP contribution in [0.3, 0.4) is 0 Å². The molecule has 1 aromatic rings. The van der Waals surface area contributed by atoms with Crippen molar-refractivity contribution in [3.63, 3.8) is 0 Å². The summed E-state index contributed by atoms with van der Waals surface area (Å²) in [6, 6.07) is 5.80. The maximum Gasteiger partial charge on any atom is 0.308 e. The average Bonchev–Trinajstić information content (AvgIpc) is 3.40. The van der Waals surface area contributed by atoms with Crippen LogP contribution in [0.25, 0.3) is 0 Å². The van der Waals surface area contributed by atoms with Gasteiger partial charge in [-0.1, -0.05) is 52.0 Å². The third kappa shape index (κ3) is 6.64. The molecule has 0 aliphatic carbocycles. The smallest absolute Gasteiger partial charge is 0.308 e. The Balaban J connectivity index is 1.92. The van der Waals surface area contributed by atoms with E-state index in [9.17, 15) is 14.7 Å². The molecule has 1 fully saturated rings. The third-order valence-corrected chi connectivity index (χ3v) is 7.02. The molecule has 0 radical (unpaired) electrons. The normalized spacial score (nSPS) is 22.4. The van der Waals surface area contributed by atoms with E-state index in [4.69, 9.17) is 9.57 Å². The molecular formula is C28H42N2O5. The van der Waals surface area contributed by atoms with Gasteiger partial charge in [0.05, 0.1) is 25.7 Å². The van der Waals surface area contributed by atoms with Gasteiger partial charge in [0.1, 0.15) is 5.75 Å². The van der Waals surface area contributed by atoms with E-state index in [1.54, 1.807) is 0 Å². The summed E-state index contributed by atoms with van der Waals surface area (Å²) in [4.78, 5) is 33.8. The first-order valence-corrected chi connectivity index (χ1v) is 13.0. The number of carbonyl (C=O) groups excluding carboxylic acids is 1. The van der Waals surface area contributed by atoms with Crippen molar-refractivity contribution in [3.05, 3.63) is 41.5 Å². The lowest BCUT2D eigenvalue weighted by Gasteiger charge is -2.33. The minimum Gasteiger partial charge on any atom is -0.493 e. The molecule has 7 heteroatoms. The summed E-state index contributed by atoms with van der Waals surface area (Å²) >= 11 is 0. The monoisotopic (exact) mass is 486 g/mol. The zero-order valence-electron chi connectivity index (χ0n) is 22.0. The van der Waals surface area contributed by atoms with E-state index < -0.39 is 11.9 Å². The van der Waals surface area contributed by atoms with Gasteiger partial charge in [-0.15, -0.1) is 0 Å². The van der Waals surface area contributed by atoms with Crippen LogP contribution < -0.4 is 4.74 Å². The van der Waals surface area contributed by atoms with Crippen LogP contribution >= 0.6 is 0 Å². The van der Waals surface area contributed by atoms with Crippen LogP contribution in [0.15, 0.2) is 30.4 Å². The number of likely N-dealkylation sites (tertiary alicyclic amines) is 1. The van der Waals surface area contributed by atoms with E-state index in [0.717, 1.165) is 36.1 Å². The second kappa shape index (κ2) is 12.0. The molecule has 7 nitrogen and oxygen atoms in total. The quantitative estimate of drug-likeness (QED) is 0.342. The predicted molar refractivity (Wildman–Crippen MR) is 136 cm³/mol. The van der Waals surface area contributed by atoms with Crippen molar-refractivity contribution in [1.29, 1.82) is 0 Å². The Morgan fingerprint density at radius 3 is 2.71 bits per heavy atom. The molecule has 0 aromatic heterocycles. The summed E-state index contributed by atoms with van der Waals surface area (Å²) in [5.41, 5.74) is 1.95. The van der Waals surface area contributed by atoms with E-state index in [1.165, 1.54) is 5.06 Å². The van der Waals surface area contributed by atoms with Crippen LogP contribution in [0.2, 0.25) is 0 Å². The predicted octanol–water partition coefficient (Wildman–Crippen LogP) is 4.66. The lowest BCUT2D eigenvalue weighted by Crippen LogP contribution is -2.45. The number of aliphatic carboxylic acids is 1. The molecule has 3 atom stereocenters. The van der Waals surface area contributed by atoms with Gasteiger partial charge >= 0.3 is 5.97 Å². The van der Waals surface area contributed by atoms with E-state index in [2.05, 4.69) is 30.9 Å². The van der Waals surface area contributed by atoms with Gasteiger partial charge in [-0.3, -0.25) is 19.3 Å². The Hall–Kier alpha value is -2.38. The number of rotatable bonds is 12. The molecule has 0 spiro atoms. The highest BCUT2D eigenvalue weighted by atomic mass is 16.7. The van der Waals surface area contributed by atoms with Gasteiger partial charge < -0.3 is 9.84 Å². The number of carboxylic acids is 1. The molecule has 2 aliphatic heterocycles. The molecule has 194 valence electrons. The number of fused-ring (bicyclic) bond motifs is 1. The van der Waals surface area contributed by atoms with Crippen LogP contribution in [0.4, 0.5) is 0 Å². The van der Waals surface area contributed by atoms with Crippen LogP contribution in [0, 0.1) is 11.3 Å². The van der Waals surface area contributed by atoms with Crippen molar-refractivity contribution in [2.75, 3.05) is 32.8 Å². The number of carbonyl (C=O) groups is 2. The Labute approximate surface area is 210 Å². The average molecular weight is 487 g/mol. The first-order valence-electron chi connectivity index (χ1n) is 13.0. The molecule has 1 amide bonds. The Bertz CT molecular complexity index is 913. The van der Waals surface area contributed by atoms with E-state index in [-0.39, 0.29) is 29.8 Å². The molecular weight excluding hydrogens is 444 g/mol. The standard InChI is InChI=1S/C28H42N2O5/c1-6-12-28(4,5)17-23-26(27(32)33)22(20-9-10-24-21(16-20)11-15-34-24)18-29(23)19-25(31)30(13-7-2)35-14-8-3/h6,9-10,12,16,22-23,26H,7-8,11,13-15,17-19H2,1-5H3,(H,32,33)/t22-,23+,26-/m1/s1. The fourth-order valence-corrected chi connectivity index (χ4v) is 5.50. The van der Waals surface area contributed by atoms with Gasteiger partial charge in [-0.2, -0.15) is 0 Å². The number of allylic oxidation sites excluding steroid dienone is 2. The van der Waals surface area contributed by atoms with Crippen LogP contribution in [-0.2, 0) is 20.8 Å². The van der Waals surface area contributed by atoms with Crippen molar-refractivity contribution in [1.82, 2.24) is 9.96 Å². The largest absolute Gasteiger partial charge is 0.493 e. The summed E-state index contributed by atoms with van der Waals surface area (Å²) in [5.74, 6) is -0.839. The number of ether oxygens (including phenoxy) is 1. The molecule has 0 bridgehead atoms. The number of carboxylic acid groups (broad SMARTS) is 1. The Morgan fingerprint density at radius 2 is 2.06 bits per heavy atom. The van der Waals surface area contributed by atoms with Crippen molar-refractivity contribution in [3.8, 4) is 5.75 Å². The van der Waals surface area contributed by atoms with Crippen molar-refractivity contribution in [2.45, 2.75) is 72.3 Å². The van der Waals surface area contributed by atoms with Crippen LogP contribution in [0.5, 0.6) is 5.75 Å². The second-order valence-corrected chi connectivity index (χ2v) is 10.5. The number of nitrogens with zero attached hydrogens (tertiary/aromatic N) is 2. The molecule has 0 saturated carbocycles. The first kappa shape index (κ1) is 27.2. The molecule has 3 rings (SSSR count). The van der Waals surface area contributed by atoms with Crippen molar-refractivity contribution in [2.24, 2.45) is 11.3 Å². The molecule has 2 aliphatic rings. The lowest BCUT2D eigenvalue weighted by atomic mass is 9.77. The van der Waals surface area contributed by atoms with E-state index >= 15 is 0 Å². The summed E-state index contributed by atoms with van der Waals surface area (Å²) in [7, 11) is 0. The molecule has 1 aromatic carbocycles. The van der Waals surface area contributed by atoms with Gasteiger partial charge in [0.15, 0.2) is 0 Å². The highest BCUT2D eigenvalue weighted by Gasteiger charge is 2.48. The Morgan fingerprint density at radius 1 is 1.29 bits per heavy atom. The number of hydrogen-bond acceptors (Lipinski definition) is 5. The molecule has 2 heterocycles. The van der Waals surface area contributed by atoms with Gasteiger partial charge in [-0.05, 0) is 48.8 Å². The van der Waals surface area contributed by atoms with Crippen LogP contribution in [0.1, 0.15) is 70.9 Å². The van der Waals surface area contributed by atoms with Gasteiger partial charge in [-0.25, -0.2) is 5.06 Å². The number of amides is 1. The first-order chi connectivity index (χ1) is 16.7. The zero-order chi connectivity index (χ0) is 25.6. The molecule has 0 unspecified atom stereocenters. The molecule has 1 saturated heterocycles. The number of hydrogen-bond donors (Lipinski definition) is 1. The molecule has 35 heavy (non-hydrogen) atoms. The fourth-order valence-electron chi connectivity index (χ4n) is 5.50. The summed E-state index contributed by atoms with van der Waals surface area (Å²) in [6.07, 6.45) is 7.25. The maximum atomic E-state index is 13.3. The number of benzene rings is 1. The SMILES string of the molecule is CC=CC(C)(C)C[C@H]1[C@H](C(=O)O)[C@@H](c2ccc3c(c2)CCO3)CN1CC(=O)N(CCC)OCCC. The Kier molecular flexibility index (Phi) is 9.36. The van der Waals surface area contributed by atoms with E-state index in [0.29, 0.717) is 32.7 Å². The minimum atomic E-state index is -0.810. The highest BCUT2D eigenvalue weighted by molar-refractivity contribution is 5.78. The summed E-state index contributed by atoms with van der Waals surface area (Å²) in [5, 5.41) is 11.9. The third-order valence-electron chi connectivity index (χ3n) is 7.02. The van der Waals surface area contributed by atoms with Crippen LogP contribution in [-0.4, -0.2) is 65.8 Å². The van der Waals surface area contributed by atoms with Gasteiger partial charge in [0.25, 0.3) is 5.91 Å². The zero-order valence-corrected chi connectivity index (χ0v) is 22.0. The summed E-state index contributed by atoms with van der Waals surface area (Å²) < 4.78 is 5.66. The van der Waals surface area contributed by atoms with E-state index in [1.807, 2.05) is 39.0 Å². The van der Waals surface area contributed by atoms with Gasteiger partial charge in [0.2, 0.25) is 0 Å². The second-order valence-electron chi connectivity index (χ2n) is 10.5. The topological polar surface area (TPSA) is 79.3 Å². The maximum absolute atomic E-state index is 13.3. The number of hydroxylamine groups is 2. The molecule has 1 N–H and O–H groups in total. The summed E-state index contributed by atoms with van der Waals surface area (Å²) in [6.45, 7) is 12.6. The van der Waals surface area contributed by atoms with Gasteiger partial charge in [0, 0.05) is 31.5 Å². The van der Waals surface area contributed by atoms with Crippen molar-refractivity contribution < 1.29 is 24.3 Å². The lowest BCUT2D eigenvalue weighted by molar-refractivity contribution is -0.188. The minimum absolute atomic E-state index is 0.110. The fraction of sp³-hybridized carbons (Fsp3) is 0.643.